The van der Waals surface area contributed by atoms with Crippen LogP contribution in [0.4, 0.5) is 11.4 Å². The van der Waals surface area contributed by atoms with Gasteiger partial charge in [0.1, 0.15) is 16.9 Å². The average Bonchev–Trinajstić information content (AvgIpc) is 3.40. The van der Waals surface area contributed by atoms with Gasteiger partial charge in [-0.2, -0.15) is 9.78 Å². The molecule has 1 aromatic heterocycles. The van der Waals surface area contributed by atoms with Gasteiger partial charge in [0.2, 0.25) is 11.5 Å². The minimum Gasteiger partial charge on any atom is -0.493 e. The number of carbonyl (C=O) groups is 2. The van der Waals surface area contributed by atoms with E-state index in [1.807, 2.05) is 6.07 Å². The molecule has 4 aromatic rings. The Hall–Kier alpha value is -5.40. The quantitative estimate of drug-likeness (QED) is 0.0875. The van der Waals surface area contributed by atoms with Crippen LogP contribution in [0.5, 0.6) is 23.0 Å². The van der Waals surface area contributed by atoms with Crippen molar-refractivity contribution in [1.82, 2.24) is 0 Å². The molecule has 0 spiro atoms. The highest BCUT2D eigenvalue weighted by atomic mass is 17.2. The van der Waals surface area contributed by atoms with Gasteiger partial charge < -0.3 is 29.0 Å². The summed E-state index contributed by atoms with van der Waals surface area (Å²) >= 11 is 0. The van der Waals surface area contributed by atoms with Crippen LogP contribution >= 0.6 is 0 Å². The van der Waals surface area contributed by atoms with E-state index in [4.69, 9.17) is 23.7 Å². The molecule has 234 valence electrons. The van der Waals surface area contributed by atoms with E-state index in [1.165, 1.54) is 14.2 Å². The van der Waals surface area contributed by atoms with Gasteiger partial charge in [-0.3, -0.25) is 19.7 Å². The second-order valence-corrected chi connectivity index (χ2v) is 10.0. The van der Waals surface area contributed by atoms with Crippen LogP contribution in [0, 0.1) is 16.0 Å². The number of ketones is 1. The number of rotatable bonds is 12. The molecule has 5 rings (SSSR count). The Balaban J connectivity index is 1.25. The number of nitrogens with one attached hydrogen (secondary N) is 1. The van der Waals surface area contributed by atoms with Crippen LogP contribution in [0.25, 0.3) is 17.0 Å². The van der Waals surface area contributed by atoms with Crippen molar-refractivity contribution < 1.29 is 48.0 Å². The molecule has 0 aliphatic heterocycles. The molecule has 1 heterocycles. The monoisotopic (exact) mass is 618 g/mol. The highest BCUT2D eigenvalue weighted by Gasteiger charge is 2.29. The number of aryl methyl sites for hydroxylation is 1. The third-order valence-electron chi connectivity index (χ3n) is 7.42. The first-order chi connectivity index (χ1) is 21.8. The number of allylic oxidation sites excluding steroid dienone is 1. The van der Waals surface area contributed by atoms with E-state index in [0.717, 1.165) is 34.4 Å². The lowest BCUT2D eigenvalue weighted by Crippen LogP contribution is -2.20. The van der Waals surface area contributed by atoms with Crippen LogP contribution in [-0.2, 0) is 27.4 Å². The molecule has 0 bridgehead atoms. The number of carbonyl (C=O) groups excluding carboxylic acids is 2. The molecule has 1 unspecified atom stereocenters. The predicted molar refractivity (Wildman–Crippen MR) is 162 cm³/mol. The number of ether oxygens (including phenoxy) is 2. The Morgan fingerprint density at radius 3 is 2.24 bits per heavy atom. The third-order valence-corrected chi connectivity index (χ3v) is 7.42. The molecule has 45 heavy (non-hydrogen) atoms. The Morgan fingerprint density at radius 2 is 1.60 bits per heavy atom. The number of methoxy groups -OCH3 is 2. The average molecular weight is 619 g/mol. The smallest absolute Gasteiger partial charge is 0.286 e. The lowest BCUT2D eigenvalue weighted by molar-refractivity contribution is -0.385. The molecule has 0 radical (unpaired) electrons. The summed E-state index contributed by atoms with van der Waals surface area (Å²) in [5.41, 5.74) is 2.07. The molecule has 3 aromatic carbocycles. The van der Waals surface area contributed by atoms with E-state index in [2.05, 4.69) is 15.1 Å². The van der Waals surface area contributed by atoms with Gasteiger partial charge in [-0.05, 0) is 42.7 Å². The number of benzene rings is 3. The number of nitro benzene ring substituents is 1. The first-order valence-corrected chi connectivity index (χ1v) is 13.8. The van der Waals surface area contributed by atoms with Crippen molar-refractivity contribution in [2.75, 3.05) is 33.8 Å². The van der Waals surface area contributed by atoms with E-state index in [1.54, 1.807) is 56.7 Å². The standard InChI is InChI=1S/C32H30N2O11/c1-39-28-14-22-21-11-8-19(13-26(21)43-27(22)17-29(28)40-2)25(35)12-7-18-5-9-20(10-6-18)33-32(36)23-15-30(44-41-3)31(45-42-4)16-24(23)34(37)38/h5-7,9-10,12,14-17,19H,8,11,13H2,1-4H3,(H,33,36)/b12-7+. The summed E-state index contributed by atoms with van der Waals surface area (Å²) in [6.45, 7) is 0. The predicted octanol–water partition coefficient (Wildman–Crippen LogP) is 5.88. The minimum atomic E-state index is -0.760. The fourth-order valence-electron chi connectivity index (χ4n) is 5.23. The molecule has 13 nitrogen and oxygen atoms in total. The molecule has 1 N–H and O–H groups in total. The minimum absolute atomic E-state index is 0.0177. The normalized spacial score (nSPS) is 14.2. The summed E-state index contributed by atoms with van der Waals surface area (Å²) in [6.07, 6.45) is 5.13. The third kappa shape index (κ3) is 6.59. The summed E-state index contributed by atoms with van der Waals surface area (Å²) in [6, 6.07) is 12.5. The van der Waals surface area contributed by atoms with E-state index >= 15 is 0 Å². The van der Waals surface area contributed by atoms with Crippen LogP contribution in [0.2, 0.25) is 0 Å². The Kier molecular flexibility index (Phi) is 9.31. The van der Waals surface area contributed by atoms with Gasteiger partial charge >= 0.3 is 0 Å². The van der Waals surface area contributed by atoms with E-state index < -0.39 is 16.5 Å². The second-order valence-electron chi connectivity index (χ2n) is 10.0. The summed E-state index contributed by atoms with van der Waals surface area (Å²) in [7, 11) is 5.59. The Morgan fingerprint density at radius 1 is 0.933 bits per heavy atom. The van der Waals surface area contributed by atoms with Crippen LogP contribution in [0.15, 0.2) is 59.0 Å². The number of hydrogen-bond acceptors (Lipinski definition) is 11. The van der Waals surface area contributed by atoms with Crippen molar-refractivity contribution in [3.63, 3.8) is 0 Å². The summed E-state index contributed by atoms with van der Waals surface area (Å²) in [5.74, 6) is 0.743. The van der Waals surface area contributed by atoms with Crippen LogP contribution in [0.3, 0.4) is 0 Å². The summed E-state index contributed by atoms with van der Waals surface area (Å²) in [5, 5.41) is 15.2. The molecule has 1 aliphatic rings. The molecule has 0 saturated carbocycles. The number of nitro groups is 1. The summed E-state index contributed by atoms with van der Waals surface area (Å²) in [4.78, 5) is 56.0. The SMILES string of the molecule is COOc1cc(C(=O)Nc2ccc(/C=C/C(=O)C3CCc4c(oc5cc(OC)c(OC)cc45)C3)cc2)c([N+](=O)[O-])cc1OOC. The van der Waals surface area contributed by atoms with Gasteiger partial charge in [-0.1, -0.05) is 18.2 Å². The maximum absolute atomic E-state index is 13.1. The van der Waals surface area contributed by atoms with Crippen LogP contribution < -0.4 is 24.6 Å². The maximum atomic E-state index is 13.1. The number of hydrogen-bond donors (Lipinski definition) is 1. The molecule has 13 heteroatoms. The highest BCUT2D eigenvalue weighted by Crippen LogP contribution is 2.40. The first kappa shape index (κ1) is 31.0. The number of amides is 1. The molecular formula is C32H30N2O11. The Labute approximate surface area is 257 Å². The van der Waals surface area contributed by atoms with Gasteiger partial charge in [0, 0.05) is 41.1 Å². The zero-order valence-corrected chi connectivity index (χ0v) is 24.9. The Bertz CT molecular complexity index is 1780. The van der Waals surface area contributed by atoms with E-state index in [0.29, 0.717) is 42.0 Å². The number of nitrogens with zero attached hydrogens (tertiary/aromatic N) is 1. The molecule has 1 aliphatic carbocycles. The summed E-state index contributed by atoms with van der Waals surface area (Å²) < 4.78 is 16.9. The molecule has 1 amide bonds. The maximum Gasteiger partial charge on any atom is 0.286 e. The van der Waals surface area contributed by atoms with Crippen LogP contribution in [0.1, 0.15) is 33.7 Å². The van der Waals surface area contributed by atoms with Gasteiger partial charge in [0.15, 0.2) is 17.3 Å². The zero-order valence-electron chi connectivity index (χ0n) is 24.9. The lowest BCUT2D eigenvalue weighted by Gasteiger charge is -2.18. The van der Waals surface area contributed by atoms with Gasteiger partial charge in [-0.25, -0.2) is 0 Å². The van der Waals surface area contributed by atoms with Crippen molar-refractivity contribution in [3.05, 3.63) is 87.2 Å². The van der Waals surface area contributed by atoms with Gasteiger partial charge in [0.05, 0.1) is 39.4 Å². The zero-order chi connectivity index (χ0) is 32.1. The van der Waals surface area contributed by atoms with Gasteiger partial charge in [0.25, 0.3) is 11.6 Å². The van der Waals surface area contributed by atoms with Crippen molar-refractivity contribution in [1.29, 1.82) is 0 Å². The fraction of sp³-hybridized carbons (Fsp3) is 0.250. The lowest BCUT2D eigenvalue weighted by atomic mass is 9.84. The van der Waals surface area contributed by atoms with Crippen molar-refractivity contribution in [2.45, 2.75) is 19.3 Å². The number of furan rings is 1. The molecule has 1 atom stereocenters. The highest BCUT2D eigenvalue weighted by molar-refractivity contribution is 6.07. The molecule has 0 fully saturated rings. The van der Waals surface area contributed by atoms with Crippen molar-refractivity contribution >= 4 is 40.1 Å². The van der Waals surface area contributed by atoms with Gasteiger partial charge in [-0.15, -0.1) is 0 Å². The molecule has 0 saturated heterocycles. The first-order valence-electron chi connectivity index (χ1n) is 13.8. The van der Waals surface area contributed by atoms with Crippen molar-refractivity contribution in [2.24, 2.45) is 5.92 Å². The van der Waals surface area contributed by atoms with E-state index in [9.17, 15) is 19.7 Å². The fourth-order valence-corrected chi connectivity index (χ4v) is 5.23. The second kappa shape index (κ2) is 13.5. The largest absolute Gasteiger partial charge is 0.493 e. The number of anilines is 1. The molecular weight excluding hydrogens is 588 g/mol. The van der Waals surface area contributed by atoms with E-state index in [-0.39, 0.29) is 28.8 Å². The van der Waals surface area contributed by atoms with Crippen molar-refractivity contribution in [3.8, 4) is 23.0 Å². The topological polar surface area (TPSA) is 158 Å². The van der Waals surface area contributed by atoms with Crippen LogP contribution in [-0.4, -0.2) is 45.1 Å². The number of fused-ring (bicyclic) bond motifs is 3.